The summed E-state index contributed by atoms with van der Waals surface area (Å²) in [7, 11) is 0. The Labute approximate surface area is 107 Å². The van der Waals surface area contributed by atoms with E-state index in [0.29, 0.717) is 11.8 Å². The first-order chi connectivity index (χ1) is 8.13. The molecule has 1 saturated carbocycles. The Kier molecular flexibility index (Phi) is 6.40. The van der Waals surface area contributed by atoms with Gasteiger partial charge in [0.05, 0.1) is 5.25 Å². The SMILES string of the molecule is CCNC(=O)NC(=O)C(C)SC1CCCCC1. The fourth-order valence-electron chi connectivity index (χ4n) is 1.97. The van der Waals surface area contributed by atoms with Crippen LogP contribution in [0.3, 0.4) is 0 Å². The molecule has 4 nitrogen and oxygen atoms in total. The van der Waals surface area contributed by atoms with Crippen LogP contribution in [0.1, 0.15) is 46.0 Å². The molecule has 2 N–H and O–H groups in total. The van der Waals surface area contributed by atoms with Gasteiger partial charge in [-0.1, -0.05) is 19.3 Å². The van der Waals surface area contributed by atoms with E-state index in [1.165, 1.54) is 32.1 Å². The van der Waals surface area contributed by atoms with Gasteiger partial charge in [-0.05, 0) is 26.7 Å². The van der Waals surface area contributed by atoms with E-state index < -0.39 is 6.03 Å². The largest absolute Gasteiger partial charge is 0.338 e. The zero-order valence-electron chi connectivity index (χ0n) is 10.6. The normalized spacial score (nSPS) is 18.5. The molecule has 1 unspecified atom stereocenters. The number of carbonyl (C=O) groups is 2. The Morgan fingerprint density at radius 1 is 1.29 bits per heavy atom. The molecular weight excluding hydrogens is 236 g/mol. The molecule has 3 amide bonds. The number of hydrogen-bond donors (Lipinski definition) is 2. The number of carbonyl (C=O) groups excluding carboxylic acids is 2. The maximum Gasteiger partial charge on any atom is 0.321 e. The maximum atomic E-state index is 11.7. The zero-order valence-corrected chi connectivity index (χ0v) is 11.4. The Morgan fingerprint density at radius 3 is 2.53 bits per heavy atom. The molecule has 0 aromatic heterocycles. The van der Waals surface area contributed by atoms with Crippen molar-refractivity contribution in [3.05, 3.63) is 0 Å². The van der Waals surface area contributed by atoms with Gasteiger partial charge in [0.1, 0.15) is 0 Å². The number of hydrogen-bond acceptors (Lipinski definition) is 3. The summed E-state index contributed by atoms with van der Waals surface area (Å²) in [5, 5.41) is 5.35. The standard InChI is InChI=1S/C12H22N2O2S/c1-3-13-12(16)14-11(15)9(2)17-10-7-5-4-6-8-10/h9-10H,3-8H2,1-2H3,(H2,13,14,15,16). The lowest BCUT2D eigenvalue weighted by Crippen LogP contribution is -2.43. The van der Waals surface area contributed by atoms with Gasteiger partial charge in [0.15, 0.2) is 0 Å². The quantitative estimate of drug-likeness (QED) is 0.813. The van der Waals surface area contributed by atoms with Crippen molar-refractivity contribution in [2.75, 3.05) is 6.54 Å². The predicted molar refractivity (Wildman–Crippen MR) is 71.1 cm³/mol. The Morgan fingerprint density at radius 2 is 1.94 bits per heavy atom. The highest BCUT2D eigenvalue weighted by Gasteiger charge is 2.22. The summed E-state index contributed by atoms with van der Waals surface area (Å²) in [6.07, 6.45) is 6.24. The molecule has 0 radical (unpaired) electrons. The number of rotatable bonds is 4. The van der Waals surface area contributed by atoms with E-state index in [1.54, 1.807) is 11.8 Å². The van der Waals surface area contributed by atoms with Crippen LogP contribution in [-0.2, 0) is 4.79 Å². The summed E-state index contributed by atoms with van der Waals surface area (Å²) in [6, 6.07) is -0.395. The van der Waals surface area contributed by atoms with Gasteiger partial charge in [-0.15, -0.1) is 11.8 Å². The third-order valence-corrected chi connectivity index (χ3v) is 4.37. The second-order valence-electron chi connectivity index (χ2n) is 4.39. The van der Waals surface area contributed by atoms with Crippen molar-refractivity contribution in [1.82, 2.24) is 10.6 Å². The lowest BCUT2D eigenvalue weighted by molar-refractivity contribution is -0.119. The molecule has 0 heterocycles. The fraction of sp³-hybridized carbons (Fsp3) is 0.833. The summed E-state index contributed by atoms with van der Waals surface area (Å²) < 4.78 is 0. The van der Waals surface area contributed by atoms with Gasteiger partial charge in [0.2, 0.25) is 5.91 Å². The van der Waals surface area contributed by atoms with Crippen LogP contribution in [0.15, 0.2) is 0 Å². The molecule has 98 valence electrons. The number of amides is 3. The highest BCUT2D eigenvalue weighted by atomic mass is 32.2. The van der Waals surface area contributed by atoms with Crippen molar-refractivity contribution in [2.24, 2.45) is 0 Å². The van der Waals surface area contributed by atoms with Crippen molar-refractivity contribution >= 4 is 23.7 Å². The van der Waals surface area contributed by atoms with Crippen LogP contribution < -0.4 is 10.6 Å². The van der Waals surface area contributed by atoms with Crippen molar-refractivity contribution in [3.8, 4) is 0 Å². The second kappa shape index (κ2) is 7.58. The first kappa shape index (κ1) is 14.4. The van der Waals surface area contributed by atoms with Gasteiger partial charge < -0.3 is 5.32 Å². The van der Waals surface area contributed by atoms with Crippen molar-refractivity contribution < 1.29 is 9.59 Å². The minimum absolute atomic E-state index is 0.152. The van der Waals surface area contributed by atoms with Crippen molar-refractivity contribution in [3.63, 3.8) is 0 Å². The minimum Gasteiger partial charge on any atom is -0.338 e. The summed E-state index contributed by atoms with van der Waals surface area (Å²) >= 11 is 1.70. The molecule has 0 spiro atoms. The fourth-order valence-corrected chi connectivity index (χ4v) is 3.34. The highest BCUT2D eigenvalue weighted by molar-refractivity contribution is 8.01. The lowest BCUT2D eigenvalue weighted by atomic mass is 10.0. The summed E-state index contributed by atoms with van der Waals surface area (Å²) in [6.45, 7) is 4.22. The second-order valence-corrected chi connectivity index (χ2v) is 6.03. The summed E-state index contributed by atoms with van der Waals surface area (Å²) in [5.41, 5.74) is 0. The van der Waals surface area contributed by atoms with Crippen LogP contribution >= 0.6 is 11.8 Å². The van der Waals surface area contributed by atoms with Gasteiger partial charge in [-0.3, -0.25) is 10.1 Å². The third kappa shape index (κ3) is 5.44. The van der Waals surface area contributed by atoms with Crippen molar-refractivity contribution in [1.29, 1.82) is 0 Å². The van der Waals surface area contributed by atoms with Gasteiger partial charge >= 0.3 is 6.03 Å². The van der Waals surface area contributed by atoms with Crippen molar-refractivity contribution in [2.45, 2.75) is 56.5 Å². The van der Waals surface area contributed by atoms with E-state index in [9.17, 15) is 9.59 Å². The molecule has 17 heavy (non-hydrogen) atoms. The number of nitrogens with one attached hydrogen (secondary N) is 2. The molecule has 0 aromatic carbocycles. The molecule has 1 atom stereocenters. The van der Waals surface area contributed by atoms with Crippen LogP contribution in [0.2, 0.25) is 0 Å². The molecule has 1 aliphatic rings. The van der Waals surface area contributed by atoms with Crippen LogP contribution in [0.5, 0.6) is 0 Å². The van der Waals surface area contributed by atoms with E-state index in [1.807, 2.05) is 13.8 Å². The summed E-state index contributed by atoms with van der Waals surface area (Å²) in [4.78, 5) is 22.9. The topological polar surface area (TPSA) is 58.2 Å². The molecule has 0 aliphatic heterocycles. The molecule has 1 aliphatic carbocycles. The lowest BCUT2D eigenvalue weighted by Gasteiger charge is -2.23. The molecule has 0 aromatic rings. The Bertz CT molecular complexity index is 265. The molecule has 5 heteroatoms. The van der Waals surface area contributed by atoms with E-state index in [2.05, 4.69) is 10.6 Å². The number of thioether (sulfide) groups is 1. The monoisotopic (exact) mass is 258 g/mol. The maximum absolute atomic E-state index is 11.7. The van der Waals surface area contributed by atoms with Gasteiger partial charge in [0.25, 0.3) is 0 Å². The molecule has 0 saturated heterocycles. The third-order valence-electron chi connectivity index (χ3n) is 2.89. The average molecular weight is 258 g/mol. The number of imide groups is 1. The van der Waals surface area contributed by atoms with Crippen LogP contribution in [0.25, 0.3) is 0 Å². The average Bonchev–Trinajstić information content (AvgIpc) is 2.30. The first-order valence-corrected chi connectivity index (χ1v) is 7.32. The van der Waals surface area contributed by atoms with Crippen LogP contribution in [0.4, 0.5) is 4.79 Å². The van der Waals surface area contributed by atoms with E-state index >= 15 is 0 Å². The smallest absolute Gasteiger partial charge is 0.321 e. The van der Waals surface area contributed by atoms with E-state index in [-0.39, 0.29) is 11.2 Å². The zero-order chi connectivity index (χ0) is 12.7. The molecule has 1 rings (SSSR count). The van der Waals surface area contributed by atoms with Gasteiger partial charge in [-0.2, -0.15) is 0 Å². The van der Waals surface area contributed by atoms with Crippen LogP contribution in [-0.4, -0.2) is 29.0 Å². The Hall–Kier alpha value is -0.710. The van der Waals surface area contributed by atoms with Crippen LogP contribution in [0, 0.1) is 0 Å². The minimum atomic E-state index is -0.395. The predicted octanol–water partition coefficient (Wildman–Crippen LogP) is 2.29. The first-order valence-electron chi connectivity index (χ1n) is 6.37. The molecular formula is C12H22N2O2S. The van der Waals surface area contributed by atoms with E-state index in [0.717, 1.165) is 0 Å². The highest BCUT2D eigenvalue weighted by Crippen LogP contribution is 2.30. The van der Waals surface area contributed by atoms with E-state index in [4.69, 9.17) is 0 Å². The Balaban J connectivity index is 2.28. The number of urea groups is 1. The van der Waals surface area contributed by atoms with Gasteiger partial charge in [0, 0.05) is 11.8 Å². The summed E-state index contributed by atoms with van der Waals surface area (Å²) in [5.74, 6) is -0.188. The molecule has 0 bridgehead atoms. The molecule has 1 fully saturated rings. The van der Waals surface area contributed by atoms with Gasteiger partial charge in [-0.25, -0.2) is 4.79 Å².